The second-order valence-electron chi connectivity index (χ2n) is 6.51. The average molecular weight is 339 g/mol. The third-order valence-electron chi connectivity index (χ3n) is 4.84. The lowest BCUT2D eigenvalue weighted by Crippen LogP contribution is -2.36. The first kappa shape index (κ1) is 15.5. The SMILES string of the molecule is N#Cc1ccnc(N2CCC[C@@H](c3nncn3C3CC3)C2)c1[N+](=O)[O-]. The van der Waals surface area contributed by atoms with E-state index in [0.717, 1.165) is 31.5 Å². The Morgan fingerprint density at radius 3 is 2.92 bits per heavy atom. The molecule has 9 nitrogen and oxygen atoms in total. The molecule has 0 unspecified atom stereocenters. The maximum Gasteiger partial charge on any atom is 0.329 e. The topological polar surface area (TPSA) is 114 Å². The van der Waals surface area contributed by atoms with Gasteiger partial charge in [-0.25, -0.2) is 4.98 Å². The van der Waals surface area contributed by atoms with Crippen LogP contribution < -0.4 is 4.90 Å². The molecule has 0 radical (unpaired) electrons. The smallest absolute Gasteiger partial charge is 0.329 e. The maximum absolute atomic E-state index is 11.5. The van der Waals surface area contributed by atoms with Gasteiger partial charge < -0.3 is 9.47 Å². The molecule has 4 rings (SSSR count). The molecule has 0 spiro atoms. The van der Waals surface area contributed by atoms with Gasteiger partial charge in [0.25, 0.3) is 0 Å². The number of hydrogen-bond donors (Lipinski definition) is 0. The van der Waals surface area contributed by atoms with Crippen molar-refractivity contribution in [1.82, 2.24) is 19.7 Å². The summed E-state index contributed by atoms with van der Waals surface area (Å²) in [6.45, 7) is 1.27. The number of nitro groups is 1. The molecule has 9 heteroatoms. The molecule has 0 N–H and O–H groups in total. The molecule has 2 aromatic heterocycles. The van der Waals surface area contributed by atoms with E-state index in [2.05, 4.69) is 19.7 Å². The van der Waals surface area contributed by atoms with E-state index in [9.17, 15) is 15.4 Å². The maximum atomic E-state index is 11.5. The first-order chi connectivity index (χ1) is 12.2. The van der Waals surface area contributed by atoms with Crippen molar-refractivity contribution in [2.45, 2.75) is 37.6 Å². The number of rotatable bonds is 4. The first-order valence-electron chi connectivity index (χ1n) is 8.37. The summed E-state index contributed by atoms with van der Waals surface area (Å²) in [5.41, 5.74) is -0.174. The molecule has 1 saturated carbocycles. The van der Waals surface area contributed by atoms with Gasteiger partial charge in [-0.05, 0) is 31.7 Å². The Kier molecular flexibility index (Phi) is 3.80. The lowest BCUT2D eigenvalue weighted by Gasteiger charge is -2.32. The van der Waals surface area contributed by atoms with Crippen LogP contribution in [0.15, 0.2) is 18.6 Å². The molecule has 0 amide bonds. The highest BCUT2D eigenvalue weighted by molar-refractivity contribution is 5.65. The molecule has 25 heavy (non-hydrogen) atoms. The summed E-state index contributed by atoms with van der Waals surface area (Å²) in [5.74, 6) is 1.38. The van der Waals surface area contributed by atoms with Gasteiger partial charge in [0.1, 0.15) is 23.8 Å². The normalized spacial score (nSPS) is 20.3. The molecular weight excluding hydrogens is 322 g/mol. The Labute approximate surface area is 144 Å². The molecular formula is C16H17N7O2. The highest BCUT2D eigenvalue weighted by Gasteiger charge is 2.34. The molecule has 1 aliphatic carbocycles. The molecule has 0 bridgehead atoms. The fourth-order valence-electron chi connectivity index (χ4n) is 3.50. The number of hydrogen-bond acceptors (Lipinski definition) is 7. The lowest BCUT2D eigenvalue weighted by molar-refractivity contribution is -0.384. The third kappa shape index (κ3) is 2.80. The van der Waals surface area contributed by atoms with Gasteiger partial charge in [-0.15, -0.1) is 10.2 Å². The van der Waals surface area contributed by atoms with Gasteiger partial charge in [-0.1, -0.05) is 0 Å². The number of anilines is 1. The van der Waals surface area contributed by atoms with Crippen LogP contribution in [0.1, 0.15) is 49.0 Å². The molecule has 1 aliphatic heterocycles. The van der Waals surface area contributed by atoms with Gasteiger partial charge >= 0.3 is 5.69 Å². The summed E-state index contributed by atoms with van der Waals surface area (Å²) in [6.07, 6.45) is 7.39. The second-order valence-corrected chi connectivity index (χ2v) is 6.51. The van der Waals surface area contributed by atoms with E-state index in [1.807, 2.05) is 11.0 Å². The van der Waals surface area contributed by atoms with Gasteiger partial charge in [-0.3, -0.25) is 10.1 Å². The second kappa shape index (κ2) is 6.12. The number of aromatic nitrogens is 4. The Morgan fingerprint density at radius 1 is 1.36 bits per heavy atom. The predicted octanol–water partition coefficient (Wildman–Crippen LogP) is 2.17. The van der Waals surface area contributed by atoms with Crippen LogP contribution in [-0.4, -0.2) is 37.8 Å². The van der Waals surface area contributed by atoms with Gasteiger partial charge in [0.05, 0.1) is 4.92 Å². The lowest BCUT2D eigenvalue weighted by atomic mass is 9.96. The molecule has 1 saturated heterocycles. The van der Waals surface area contributed by atoms with Crippen LogP contribution in [0.2, 0.25) is 0 Å². The summed E-state index contributed by atoms with van der Waals surface area (Å²) in [6, 6.07) is 3.77. The van der Waals surface area contributed by atoms with Crippen molar-refractivity contribution in [1.29, 1.82) is 5.26 Å². The summed E-state index contributed by atoms with van der Waals surface area (Å²) in [7, 11) is 0. The first-order valence-corrected chi connectivity index (χ1v) is 8.37. The Bertz CT molecular complexity index is 852. The van der Waals surface area contributed by atoms with Crippen LogP contribution in [0.3, 0.4) is 0 Å². The van der Waals surface area contributed by atoms with Gasteiger partial charge in [0.2, 0.25) is 5.82 Å². The summed E-state index contributed by atoms with van der Waals surface area (Å²) >= 11 is 0. The average Bonchev–Trinajstić information content (AvgIpc) is 3.37. The molecule has 3 heterocycles. The highest BCUT2D eigenvalue weighted by atomic mass is 16.6. The Hall–Kier alpha value is -3.02. The van der Waals surface area contributed by atoms with Gasteiger partial charge in [-0.2, -0.15) is 5.26 Å². The quantitative estimate of drug-likeness (QED) is 0.619. The zero-order valence-electron chi connectivity index (χ0n) is 13.6. The fourth-order valence-corrected chi connectivity index (χ4v) is 3.50. The molecule has 0 aromatic carbocycles. The van der Waals surface area contributed by atoms with Crippen molar-refractivity contribution in [2.75, 3.05) is 18.0 Å². The van der Waals surface area contributed by atoms with Crippen LogP contribution in [0.5, 0.6) is 0 Å². The number of piperidine rings is 1. The predicted molar refractivity (Wildman–Crippen MR) is 88.1 cm³/mol. The van der Waals surface area contributed by atoms with Crippen molar-refractivity contribution in [3.05, 3.63) is 40.1 Å². The zero-order chi connectivity index (χ0) is 17.4. The van der Waals surface area contributed by atoms with E-state index in [4.69, 9.17) is 0 Å². The summed E-state index contributed by atoms with van der Waals surface area (Å²) in [5, 5.41) is 29.0. The number of nitriles is 1. The minimum atomic E-state index is -0.517. The van der Waals surface area contributed by atoms with Crippen molar-refractivity contribution in [3.63, 3.8) is 0 Å². The van der Waals surface area contributed by atoms with Crippen molar-refractivity contribution in [2.24, 2.45) is 0 Å². The molecule has 1 atom stereocenters. The molecule has 2 fully saturated rings. The molecule has 2 aromatic rings. The zero-order valence-corrected chi connectivity index (χ0v) is 13.6. The van der Waals surface area contributed by atoms with Crippen LogP contribution in [0, 0.1) is 21.4 Å². The Morgan fingerprint density at radius 2 is 2.20 bits per heavy atom. The van der Waals surface area contributed by atoms with Crippen LogP contribution >= 0.6 is 0 Å². The summed E-state index contributed by atoms with van der Waals surface area (Å²) in [4.78, 5) is 17.1. The standard InChI is InChI=1S/C16H17N7O2/c17-8-11-5-6-18-16(14(11)23(24)25)21-7-1-2-12(9-21)15-20-19-10-22(15)13-3-4-13/h5-6,10,12-13H,1-4,7,9H2/t12-/m1/s1. The Balaban J connectivity index is 1.65. The fraction of sp³-hybridized carbons (Fsp3) is 0.500. The van der Waals surface area contributed by atoms with E-state index >= 15 is 0 Å². The minimum Gasteiger partial charge on any atom is -0.350 e. The number of nitrogens with zero attached hydrogens (tertiary/aromatic N) is 7. The van der Waals surface area contributed by atoms with Crippen LogP contribution in [-0.2, 0) is 0 Å². The van der Waals surface area contributed by atoms with Crippen LogP contribution in [0.25, 0.3) is 0 Å². The highest BCUT2D eigenvalue weighted by Crippen LogP contribution is 2.39. The van der Waals surface area contributed by atoms with E-state index in [1.165, 1.54) is 12.3 Å². The third-order valence-corrected chi connectivity index (χ3v) is 4.84. The van der Waals surface area contributed by atoms with Gasteiger partial charge in [0.15, 0.2) is 0 Å². The van der Waals surface area contributed by atoms with E-state index < -0.39 is 4.92 Å². The van der Waals surface area contributed by atoms with Crippen molar-refractivity contribution in [3.8, 4) is 6.07 Å². The van der Waals surface area contributed by atoms with Crippen molar-refractivity contribution >= 4 is 11.5 Å². The molecule has 128 valence electrons. The summed E-state index contributed by atoms with van der Waals surface area (Å²) < 4.78 is 2.14. The monoisotopic (exact) mass is 339 g/mol. The van der Waals surface area contributed by atoms with E-state index in [-0.39, 0.29) is 23.0 Å². The largest absolute Gasteiger partial charge is 0.350 e. The van der Waals surface area contributed by atoms with Crippen LogP contribution in [0.4, 0.5) is 11.5 Å². The number of pyridine rings is 1. The molecule has 2 aliphatic rings. The van der Waals surface area contributed by atoms with E-state index in [1.54, 1.807) is 6.33 Å². The van der Waals surface area contributed by atoms with E-state index in [0.29, 0.717) is 19.1 Å². The van der Waals surface area contributed by atoms with Gasteiger partial charge in [0, 0.05) is 31.2 Å². The minimum absolute atomic E-state index is 0.0401. The van der Waals surface area contributed by atoms with Crippen molar-refractivity contribution < 1.29 is 4.92 Å².